The molecule has 0 N–H and O–H groups in total. The van der Waals surface area contributed by atoms with E-state index in [0.717, 1.165) is 23.5 Å². The molecule has 0 radical (unpaired) electrons. The Kier molecular flexibility index (Phi) is 11.5. The number of para-hydroxylation sites is 2. The van der Waals surface area contributed by atoms with Gasteiger partial charge in [-0.2, -0.15) is 0 Å². The minimum atomic E-state index is -0.602. The standard InChI is InChI=1S/C84H76N2S/c1-79(2,3)51-32-38-61-62-39-33-52(80(4,5)6)45-70(62)83(69(61)44-51)67-28-17-13-24-59(67)63-40-36-57(49-71(63)83)85(55-22-21-23-56(48-55)86-75-30-19-15-26-65(75)66-27-16-20-31-76(66)86)58-37-41-64-60-25-14-18-29-68(60)84(72(64)50-58)73-46-53(81(7,8)9)34-42-77(73)87-78-43-35-54(47-74(78)84)82(10,11)12/h13-48,50,71H,49H2,1-12H3. The highest BCUT2D eigenvalue weighted by molar-refractivity contribution is 7.99. The van der Waals surface area contributed by atoms with Gasteiger partial charge in [0.15, 0.2) is 0 Å². The molecule has 3 heteroatoms. The van der Waals surface area contributed by atoms with Crippen molar-refractivity contribution in [2.24, 2.45) is 5.92 Å². The Hall–Kier alpha value is -8.37. The van der Waals surface area contributed by atoms with E-state index in [1.807, 2.05) is 11.8 Å². The molecular formula is C84H76N2S. The summed E-state index contributed by atoms with van der Waals surface area (Å²) in [5.74, 6) is 0.0918. The van der Waals surface area contributed by atoms with E-state index in [1.165, 1.54) is 132 Å². The van der Waals surface area contributed by atoms with Crippen molar-refractivity contribution in [3.8, 4) is 27.9 Å². The molecule has 1 aliphatic heterocycles. The normalized spacial score (nSPS) is 16.6. The number of benzene rings is 10. The summed E-state index contributed by atoms with van der Waals surface area (Å²) in [6.45, 7) is 28.4. The van der Waals surface area contributed by atoms with E-state index < -0.39 is 10.8 Å². The van der Waals surface area contributed by atoms with Crippen LogP contribution >= 0.6 is 11.8 Å². The lowest BCUT2D eigenvalue weighted by molar-refractivity contribution is 0.479. The highest BCUT2D eigenvalue weighted by Gasteiger charge is 2.58. The summed E-state index contributed by atoms with van der Waals surface area (Å²) in [7, 11) is 0. The summed E-state index contributed by atoms with van der Waals surface area (Å²) >= 11 is 1.94. The van der Waals surface area contributed by atoms with Crippen LogP contribution in [0.3, 0.4) is 0 Å². The maximum absolute atomic E-state index is 2.67. The molecule has 11 aromatic rings. The van der Waals surface area contributed by atoms with Crippen LogP contribution in [-0.4, -0.2) is 4.57 Å². The Balaban J connectivity index is 0.973. The molecule has 10 aromatic carbocycles. The molecule has 2 spiro atoms. The number of aromatic nitrogens is 1. The van der Waals surface area contributed by atoms with Crippen LogP contribution in [0.25, 0.3) is 55.3 Å². The first-order chi connectivity index (χ1) is 41.6. The second-order valence-corrected chi connectivity index (χ2v) is 30.8. The molecule has 0 saturated carbocycles. The molecule has 5 aliphatic rings. The van der Waals surface area contributed by atoms with Gasteiger partial charge in [0, 0.05) is 49.2 Å². The average Bonchev–Trinajstić information content (AvgIpc) is 1.56. The van der Waals surface area contributed by atoms with Crippen molar-refractivity contribution in [1.29, 1.82) is 0 Å². The number of fused-ring (bicyclic) bond motifs is 22. The number of nitrogens with zero attached hydrogens (tertiary/aromatic N) is 2. The number of hydrogen-bond acceptors (Lipinski definition) is 2. The van der Waals surface area contributed by atoms with Crippen molar-refractivity contribution in [3.63, 3.8) is 0 Å². The van der Waals surface area contributed by atoms with Crippen molar-refractivity contribution in [2.45, 2.75) is 132 Å². The van der Waals surface area contributed by atoms with Gasteiger partial charge in [-0.05, 0) is 183 Å². The van der Waals surface area contributed by atoms with E-state index in [2.05, 4.69) is 317 Å². The van der Waals surface area contributed by atoms with Gasteiger partial charge in [0.2, 0.25) is 0 Å². The summed E-state index contributed by atoms with van der Waals surface area (Å²) in [6.07, 6.45) is 5.83. The monoisotopic (exact) mass is 1140 g/mol. The second-order valence-electron chi connectivity index (χ2n) is 29.7. The molecule has 0 amide bonds. The van der Waals surface area contributed by atoms with Crippen LogP contribution in [0.1, 0.15) is 156 Å². The van der Waals surface area contributed by atoms with E-state index >= 15 is 0 Å². The molecule has 428 valence electrons. The van der Waals surface area contributed by atoms with Crippen LogP contribution < -0.4 is 4.90 Å². The molecule has 4 aliphatic carbocycles. The van der Waals surface area contributed by atoms with Crippen molar-refractivity contribution in [1.82, 2.24) is 4.57 Å². The van der Waals surface area contributed by atoms with Gasteiger partial charge in [0.1, 0.15) is 0 Å². The fourth-order valence-corrected chi connectivity index (χ4v) is 17.4. The van der Waals surface area contributed by atoms with Crippen molar-refractivity contribution in [2.75, 3.05) is 4.90 Å². The SMILES string of the molecule is CC(C)(C)c1ccc2c(c1)C1(c3cc(C(C)(C)C)ccc3S2)c2ccccc2-c2ccc(N(C3=CC=C4c5ccccc5C5(c6cc(C(C)(C)C)ccc6-c6ccc(C(C)(C)C)cc65)C4C3)c3cccc(-n4c5ccccc5c5ccccc54)c3)cc21. The van der Waals surface area contributed by atoms with Crippen LogP contribution in [0.2, 0.25) is 0 Å². The predicted octanol–water partition coefficient (Wildman–Crippen LogP) is 22.3. The maximum Gasteiger partial charge on any atom is 0.0736 e. The molecule has 87 heavy (non-hydrogen) atoms. The average molecular weight is 1150 g/mol. The third-order valence-electron chi connectivity index (χ3n) is 20.6. The minimum Gasteiger partial charge on any atom is -0.314 e. The highest BCUT2D eigenvalue weighted by atomic mass is 32.2. The van der Waals surface area contributed by atoms with Gasteiger partial charge >= 0.3 is 0 Å². The molecule has 2 heterocycles. The fraction of sp³-hybridized carbons (Fsp3) is 0.238. The molecule has 0 fully saturated rings. The van der Waals surface area contributed by atoms with E-state index in [4.69, 9.17) is 0 Å². The minimum absolute atomic E-state index is 0.0422. The van der Waals surface area contributed by atoms with Crippen molar-refractivity contribution >= 4 is 50.5 Å². The van der Waals surface area contributed by atoms with Gasteiger partial charge in [-0.25, -0.2) is 0 Å². The summed E-state index contributed by atoms with van der Waals surface area (Å²) in [5, 5.41) is 2.52. The Bertz CT molecular complexity index is 4630. The summed E-state index contributed by atoms with van der Waals surface area (Å²) in [4.78, 5) is 5.31. The fourth-order valence-electron chi connectivity index (χ4n) is 16.2. The van der Waals surface area contributed by atoms with Gasteiger partial charge in [0.25, 0.3) is 0 Å². The summed E-state index contributed by atoms with van der Waals surface area (Å²) < 4.78 is 2.48. The number of hydrogen-bond donors (Lipinski definition) is 0. The van der Waals surface area contributed by atoms with E-state index in [0.29, 0.717) is 0 Å². The summed E-state index contributed by atoms with van der Waals surface area (Å²) in [6, 6.07) is 83.4. The lowest BCUT2D eigenvalue weighted by Gasteiger charge is -2.42. The zero-order chi connectivity index (χ0) is 59.9. The number of anilines is 2. The van der Waals surface area contributed by atoms with Crippen molar-refractivity contribution in [3.05, 3.63) is 297 Å². The molecule has 1 aromatic heterocycles. The zero-order valence-corrected chi connectivity index (χ0v) is 53.3. The molecule has 16 rings (SSSR count). The first kappa shape index (κ1) is 54.1. The Morgan fingerprint density at radius 3 is 1.41 bits per heavy atom. The summed E-state index contributed by atoms with van der Waals surface area (Å²) in [5.41, 5.74) is 29.2. The highest BCUT2D eigenvalue weighted by Crippen LogP contribution is 2.68. The lowest BCUT2D eigenvalue weighted by atomic mass is 9.64. The first-order valence-corrected chi connectivity index (χ1v) is 32.4. The Morgan fingerprint density at radius 2 is 0.839 bits per heavy atom. The number of allylic oxidation sites excluding steroid dienone is 4. The third-order valence-corrected chi connectivity index (χ3v) is 21.7. The van der Waals surface area contributed by atoms with Crippen LogP contribution in [0.5, 0.6) is 0 Å². The lowest BCUT2D eigenvalue weighted by Crippen LogP contribution is -2.35. The van der Waals surface area contributed by atoms with Crippen molar-refractivity contribution < 1.29 is 0 Å². The van der Waals surface area contributed by atoms with Gasteiger partial charge in [-0.3, -0.25) is 0 Å². The zero-order valence-electron chi connectivity index (χ0n) is 52.4. The van der Waals surface area contributed by atoms with E-state index in [-0.39, 0.29) is 27.6 Å². The topological polar surface area (TPSA) is 8.17 Å². The van der Waals surface area contributed by atoms with Gasteiger partial charge in [0.05, 0.1) is 21.9 Å². The molecule has 2 nitrogen and oxygen atoms in total. The molecule has 0 bridgehead atoms. The van der Waals surface area contributed by atoms with Crippen LogP contribution in [0.4, 0.5) is 11.4 Å². The first-order valence-electron chi connectivity index (χ1n) is 31.6. The maximum atomic E-state index is 2.67. The van der Waals surface area contributed by atoms with E-state index in [9.17, 15) is 0 Å². The predicted molar refractivity (Wildman–Crippen MR) is 368 cm³/mol. The Labute approximate surface area is 519 Å². The van der Waals surface area contributed by atoms with Gasteiger partial charge in [-0.1, -0.05) is 259 Å². The molecular weight excluding hydrogens is 1070 g/mol. The number of rotatable bonds is 4. The second kappa shape index (κ2) is 18.6. The molecule has 0 saturated heterocycles. The van der Waals surface area contributed by atoms with Crippen LogP contribution in [0, 0.1) is 5.92 Å². The van der Waals surface area contributed by atoms with Gasteiger partial charge < -0.3 is 9.47 Å². The third kappa shape index (κ3) is 7.73. The van der Waals surface area contributed by atoms with Crippen LogP contribution in [-0.2, 0) is 32.5 Å². The largest absolute Gasteiger partial charge is 0.314 e. The van der Waals surface area contributed by atoms with Gasteiger partial charge in [-0.15, -0.1) is 0 Å². The smallest absolute Gasteiger partial charge is 0.0736 e. The Morgan fingerprint density at radius 1 is 0.379 bits per heavy atom. The molecule has 1 atom stereocenters. The van der Waals surface area contributed by atoms with E-state index in [1.54, 1.807) is 0 Å². The van der Waals surface area contributed by atoms with Crippen LogP contribution in [0.15, 0.2) is 240 Å². The quantitative estimate of drug-likeness (QED) is 0.174. The molecule has 1 unspecified atom stereocenters.